The molecule has 2 atom stereocenters. The Morgan fingerprint density at radius 3 is 2.50 bits per heavy atom. The third kappa shape index (κ3) is 8.51. The van der Waals surface area contributed by atoms with Crippen molar-refractivity contribution in [3.63, 3.8) is 0 Å². The maximum Gasteiger partial charge on any atom is 0.422 e. The number of hydrogen-bond donors (Lipinski definition) is 1. The second kappa shape index (κ2) is 6.72. The summed E-state index contributed by atoms with van der Waals surface area (Å²) in [5.74, 6) is 0. The van der Waals surface area contributed by atoms with E-state index in [0.717, 1.165) is 0 Å². The fraction of sp³-hybridized carbons (Fsp3) is 0.875. The van der Waals surface area contributed by atoms with E-state index >= 15 is 0 Å². The molecule has 4 nitrogen and oxygen atoms in total. The molecule has 0 radical (unpaired) electrons. The van der Waals surface area contributed by atoms with Crippen LogP contribution < -0.4 is 5.32 Å². The Hall–Kier alpha value is -0.790. The number of hydrogen-bond acceptors (Lipinski definition) is 3. The predicted octanol–water partition coefficient (Wildman–Crippen LogP) is 1.43. The fourth-order valence-corrected chi connectivity index (χ4v) is 1.19. The van der Waals surface area contributed by atoms with E-state index in [4.69, 9.17) is 0 Å². The Morgan fingerprint density at radius 2 is 2.06 bits per heavy atom. The van der Waals surface area contributed by atoms with E-state index in [9.17, 15) is 22.2 Å². The van der Waals surface area contributed by atoms with Gasteiger partial charge >= 0.3 is 12.3 Å². The molecule has 0 saturated heterocycles. The second-order valence-electron chi connectivity index (χ2n) is 3.22. The molecule has 0 aliphatic heterocycles. The van der Waals surface area contributed by atoms with Gasteiger partial charge in [-0.3, -0.25) is 4.21 Å². The van der Waals surface area contributed by atoms with E-state index in [-0.39, 0.29) is 11.8 Å². The molecule has 0 heterocycles. The number of carbonyl (C=O) groups is 1. The van der Waals surface area contributed by atoms with Gasteiger partial charge in [0.25, 0.3) is 0 Å². The molecule has 2 unspecified atom stereocenters. The molecular weight excluding hydrogens is 247 g/mol. The Bertz CT molecular complexity index is 257. The number of ether oxygens (including phenoxy) is 1. The third-order valence-corrected chi connectivity index (χ3v) is 3.12. The van der Waals surface area contributed by atoms with Crippen molar-refractivity contribution in [2.45, 2.75) is 24.8 Å². The highest BCUT2D eigenvalue weighted by molar-refractivity contribution is 7.84. The maximum absolute atomic E-state index is 11.6. The number of alkyl carbamates (subject to hydrolysis) is 1. The monoisotopic (exact) mass is 261 g/mol. The van der Waals surface area contributed by atoms with Crippen LogP contribution in [0.1, 0.15) is 13.3 Å². The van der Waals surface area contributed by atoms with Crippen molar-refractivity contribution in [1.82, 2.24) is 5.32 Å². The van der Waals surface area contributed by atoms with Crippen LogP contribution in [0.4, 0.5) is 18.0 Å². The van der Waals surface area contributed by atoms with Crippen LogP contribution in [0.2, 0.25) is 0 Å². The van der Waals surface area contributed by atoms with Gasteiger partial charge in [-0.05, 0) is 6.42 Å². The Morgan fingerprint density at radius 1 is 1.50 bits per heavy atom. The summed E-state index contributed by atoms with van der Waals surface area (Å²) in [4.78, 5) is 10.7. The van der Waals surface area contributed by atoms with Crippen molar-refractivity contribution in [3.05, 3.63) is 0 Å². The van der Waals surface area contributed by atoms with Crippen molar-refractivity contribution in [2.75, 3.05) is 19.4 Å². The molecule has 0 saturated carbocycles. The topological polar surface area (TPSA) is 55.4 Å². The van der Waals surface area contributed by atoms with Crippen molar-refractivity contribution in [2.24, 2.45) is 0 Å². The standard InChI is InChI=1S/C8H14F3NO3S/c1-6(16(2)14)3-4-12-7(13)15-5-8(9,10)11/h6H,3-5H2,1-2H3,(H,12,13). The summed E-state index contributed by atoms with van der Waals surface area (Å²) in [6.45, 7) is 0.254. The number of rotatable bonds is 5. The predicted molar refractivity (Wildman–Crippen MR) is 53.6 cm³/mol. The molecule has 0 aliphatic rings. The zero-order valence-corrected chi connectivity index (χ0v) is 9.78. The van der Waals surface area contributed by atoms with Crippen LogP contribution in [0.25, 0.3) is 0 Å². The maximum atomic E-state index is 11.6. The van der Waals surface area contributed by atoms with Crippen molar-refractivity contribution in [1.29, 1.82) is 0 Å². The zero-order valence-electron chi connectivity index (χ0n) is 8.97. The Labute approximate surface area is 94.0 Å². The summed E-state index contributed by atoms with van der Waals surface area (Å²) >= 11 is 0. The smallest absolute Gasteiger partial charge is 0.422 e. The summed E-state index contributed by atoms with van der Waals surface area (Å²) in [6.07, 6.45) is -3.70. The highest BCUT2D eigenvalue weighted by Gasteiger charge is 2.29. The van der Waals surface area contributed by atoms with E-state index in [1.165, 1.54) is 6.26 Å². The molecular formula is C8H14F3NO3S. The molecule has 0 fully saturated rings. The Balaban J connectivity index is 3.63. The molecule has 0 rings (SSSR count). The molecule has 0 aromatic carbocycles. The molecule has 1 amide bonds. The highest BCUT2D eigenvalue weighted by Crippen LogP contribution is 2.14. The van der Waals surface area contributed by atoms with Crippen LogP contribution in [0, 0.1) is 0 Å². The highest BCUT2D eigenvalue weighted by atomic mass is 32.2. The summed E-state index contributed by atoms with van der Waals surface area (Å²) in [6, 6.07) is 0. The van der Waals surface area contributed by atoms with Crippen LogP contribution in [0.3, 0.4) is 0 Å². The number of alkyl halides is 3. The fourth-order valence-electron chi connectivity index (χ4n) is 0.742. The first-order valence-electron chi connectivity index (χ1n) is 4.52. The summed E-state index contributed by atoms with van der Waals surface area (Å²) in [5.41, 5.74) is 0. The van der Waals surface area contributed by atoms with Gasteiger partial charge in [0.2, 0.25) is 0 Å². The molecule has 96 valence electrons. The van der Waals surface area contributed by atoms with Gasteiger partial charge < -0.3 is 10.1 Å². The second-order valence-corrected chi connectivity index (χ2v) is 5.02. The van der Waals surface area contributed by atoms with Gasteiger partial charge in [-0.15, -0.1) is 0 Å². The molecule has 0 spiro atoms. The number of halogens is 3. The van der Waals surface area contributed by atoms with Crippen LogP contribution in [0.5, 0.6) is 0 Å². The molecule has 16 heavy (non-hydrogen) atoms. The molecule has 0 aromatic rings. The Kier molecular flexibility index (Phi) is 6.39. The first kappa shape index (κ1) is 15.2. The minimum atomic E-state index is -4.52. The van der Waals surface area contributed by atoms with Gasteiger partial charge in [0.1, 0.15) is 0 Å². The van der Waals surface area contributed by atoms with Gasteiger partial charge in [-0.1, -0.05) is 6.92 Å². The van der Waals surface area contributed by atoms with E-state index in [1.807, 2.05) is 0 Å². The quantitative estimate of drug-likeness (QED) is 0.814. The minimum Gasteiger partial charge on any atom is -0.440 e. The van der Waals surface area contributed by atoms with Crippen molar-refractivity contribution in [3.8, 4) is 0 Å². The lowest BCUT2D eigenvalue weighted by Crippen LogP contribution is -2.31. The van der Waals surface area contributed by atoms with Crippen LogP contribution in [-0.2, 0) is 15.5 Å². The van der Waals surface area contributed by atoms with Crippen LogP contribution in [0.15, 0.2) is 0 Å². The lowest BCUT2D eigenvalue weighted by Gasteiger charge is -2.10. The van der Waals surface area contributed by atoms with E-state index in [2.05, 4.69) is 10.1 Å². The van der Waals surface area contributed by atoms with Crippen molar-refractivity contribution >= 4 is 16.9 Å². The molecule has 1 N–H and O–H groups in total. The van der Waals surface area contributed by atoms with E-state index in [1.54, 1.807) is 6.92 Å². The third-order valence-electron chi connectivity index (χ3n) is 1.75. The minimum absolute atomic E-state index is 0.122. The SMILES string of the molecule is CC(CCNC(=O)OCC(F)(F)F)S(C)=O. The average molecular weight is 261 g/mol. The first-order valence-corrected chi connectivity index (χ1v) is 6.14. The molecule has 0 aliphatic carbocycles. The van der Waals surface area contributed by atoms with Crippen LogP contribution >= 0.6 is 0 Å². The summed E-state index contributed by atoms with van der Waals surface area (Å²) in [5, 5.41) is 2.02. The van der Waals surface area contributed by atoms with E-state index < -0.39 is 29.7 Å². The van der Waals surface area contributed by atoms with Gasteiger partial charge in [-0.2, -0.15) is 13.2 Å². The lowest BCUT2D eigenvalue weighted by atomic mass is 10.3. The zero-order chi connectivity index (χ0) is 12.8. The number of nitrogens with one attached hydrogen (secondary N) is 1. The molecule has 0 aromatic heterocycles. The van der Waals surface area contributed by atoms with Crippen LogP contribution in [-0.4, -0.2) is 41.1 Å². The van der Waals surface area contributed by atoms with E-state index in [0.29, 0.717) is 6.42 Å². The lowest BCUT2D eigenvalue weighted by molar-refractivity contribution is -0.160. The average Bonchev–Trinajstić information content (AvgIpc) is 2.13. The van der Waals surface area contributed by atoms with Gasteiger partial charge in [0.15, 0.2) is 6.61 Å². The molecule has 8 heteroatoms. The first-order chi connectivity index (χ1) is 7.22. The van der Waals surface area contributed by atoms with Gasteiger partial charge in [0.05, 0.1) is 0 Å². The van der Waals surface area contributed by atoms with Crippen molar-refractivity contribution < 1.29 is 26.9 Å². The summed E-state index contributed by atoms with van der Waals surface area (Å²) < 4.78 is 49.7. The normalized spacial score (nSPS) is 15.3. The number of carbonyl (C=O) groups excluding carboxylic acids is 1. The molecule has 0 bridgehead atoms. The van der Waals surface area contributed by atoms with Gasteiger partial charge in [0, 0.05) is 28.9 Å². The number of amides is 1. The van der Waals surface area contributed by atoms with Gasteiger partial charge in [-0.25, -0.2) is 4.79 Å². The largest absolute Gasteiger partial charge is 0.440 e. The summed E-state index contributed by atoms with van der Waals surface area (Å²) in [7, 11) is -1.01.